The van der Waals surface area contributed by atoms with Crippen LogP contribution in [0.3, 0.4) is 0 Å². The minimum atomic E-state index is -0.238. The Balaban J connectivity index is 1.47. The van der Waals surface area contributed by atoms with E-state index in [2.05, 4.69) is 55.6 Å². The van der Waals surface area contributed by atoms with E-state index in [1.165, 1.54) is 18.2 Å². The predicted octanol–water partition coefficient (Wildman–Crippen LogP) is 3.41. The molecule has 0 atom stereocenters. The first-order valence-corrected chi connectivity index (χ1v) is 11.5. The molecule has 2 aromatic heterocycles. The van der Waals surface area contributed by atoms with Gasteiger partial charge in [-0.15, -0.1) is 0 Å². The van der Waals surface area contributed by atoms with Gasteiger partial charge < -0.3 is 16.0 Å². The lowest BCUT2D eigenvalue weighted by atomic mass is 9.60. The van der Waals surface area contributed by atoms with Crippen LogP contribution in [0.15, 0.2) is 66.0 Å². The second-order valence-corrected chi connectivity index (χ2v) is 8.74. The normalized spacial score (nSPS) is 15.0. The van der Waals surface area contributed by atoms with Crippen LogP contribution in [0.4, 0.5) is 5.95 Å². The van der Waals surface area contributed by atoms with Crippen molar-refractivity contribution in [2.45, 2.75) is 24.7 Å². The summed E-state index contributed by atoms with van der Waals surface area (Å²) in [6.45, 7) is 0.102. The largest absolute Gasteiger partial charge is 0.368 e. The van der Waals surface area contributed by atoms with Gasteiger partial charge >= 0.3 is 0 Å². The summed E-state index contributed by atoms with van der Waals surface area (Å²) in [6.07, 6.45) is 8.73. The van der Waals surface area contributed by atoms with Gasteiger partial charge in [-0.25, -0.2) is 9.97 Å². The lowest BCUT2D eigenvalue weighted by Crippen LogP contribution is -2.36. The molecular weight excluding hydrogens is 442 g/mol. The molecule has 0 spiro atoms. The number of H-pyrrole nitrogens is 1. The molecule has 1 fully saturated rings. The van der Waals surface area contributed by atoms with Crippen molar-refractivity contribution >= 4 is 28.6 Å². The molecule has 9 heteroatoms. The summed E-state index contributed by atoms with van der Waals surface area (Å²) in [4.78, 5) is 28.3. The average Bonchev–Trinajstić information content (AvgIpc) is 3.29. The predicted molar refractivity (Wildman–Crippen MR) is 135 cm³/mol. The molecular formula is C26H27N7O2. The fourth-order valence-corrected chi connectivity index (χ4v) is 4.88. The summed E-state index contributed by atoms with van der Waals surface area (Å²) in [7, 11) is 1.54. The molecule has 6 N–H and O–H groups in total. The van der Waals surface area contributed by atoms with Crippen molar-refractivity contribution in [3.05, 3.63) is 77.7 Å². The van der Waals surface area contributed by atoms with Crippen LogP contribution in [0.5, 0.6) is 0 Å². The number of hydroxylamine groups is 1. The number of amides is 1. The highest BCUT2D eigenvalue weighted by molar-refractivity contribution is 6.07. The standard InChI is InChI=1S/C26H27N7O2/c1-28-22(33-35)15-30-24(34)20-5-2-4-19-21(14-29-23(19)20)26(10-3-11-26)18-8-6-16(7-9-18)17-12-31-25(27)32-13-17/h2,4-9,12-14,29,35H,3,10-11,15H2,1H3,(H,28,33)(H,30,34)(H2,27,31,32). The third-order valence-electron chi connectivity index (χ3n) is 6.94. The van der Waals surface area contributed by atoms with E-state index < -0.39 is 0 Å². The Bertz CT molecular complexity index is 1390. The lowest BCUT2D eigenvalue weighted by Gasteiger charge is -2.43. The average molecular weight is 470 g/mol. The first-order chi connectivity index (χ1) is 17.1. The van der Waals surface area contributed by atoms with E-state index >= 15 is 0 Å². The molecule has 0 unspecified atom stereocenters. The molecule has 5 rings (SSSR count). The number of anilines is 1. The molecule has 1 saturated carbocycles. The number of nitrogens with two attached hydrogens (primary N) is 1. The van der Waals surface area contributed by atoms with Crippen molar-refractivity contribution in [1.29, 1.82) is 0 Å². The fraction of sp³-hybridized carbons (Fsp3) is 0.231. The van der Waals surface area contributed by atoms with Gasteiger partial charge in [0.15, 0.2) is 0 Å². The molecule has 1 aliphatic carbocycles. The third-order valence-corrected chi connectivity index (χ3v) is 6.94. The highest BCUT2D eigenvalue weighted by Gasteiger charge is 2.42. The number of aromatic amines is 1. The van der Waals surface area contributed by atoms with Gasteiger partial charge in [-0.05, 0) is 35.6 Å². The Kier molecular flexibility index (Phi) is 5.92. The van der Waals surface area contributed by atoms with Crippen LogP contribution < -0.4 is 16.5 Å². The Morgan fingerprint density at radius 1 is 1.14 bits per heavy atom. The molecule has 9 nitrogen and oxygen atoms in total. The van der Waals surface area contributed by atoms with Crippen LogP contribution in [0.1, 0.15) is 40.7 Å². The van der Waals surface area contributed by atoms with Gasteiger partial charge in [0, 0.05) is 42.0 Å². The van der Waals surface area contributed by atoms with Crippen LogP contribution in [-0.4, -0.2) is 45.5 Å². The number of nitrogen functional groups attached to an aromatic ring is 1. The zero-order valence-corrected chi connectivity index (χ0v) is 19.4. The van der Waals surface area contributed by atoms with Gasteiger partial charge in [0.2, 0.25) is 5.95 Å². The summed E-state index contributed by atoms with van der Waals surface area (Å²) >= 11 is 0. The number of hydrogen-bond donors (Lipinski definition) is 5. The molecule has 2 aromatic carbocycles. The summed E-state index contributed by atoms with van der Waals surface area (Å²) in [5.74, 6) is 0.299. The molecule has 0 radical (unpaired) electrons. The molecule has 0 bridgehead atoms. The van der Waals surface area contributed by atoms with Crippen LogP contribution >= 0.6 is 0 Å². The number of nitrogens with zero attached hydrogens (tertiary/aromatic N) is 3. The van der Waals surface area contributed by atoms with Crippen LogP contribution in [-0.2, 0) is 5.41 Å². The van der Waals surface area contributed by atoms with Crippen molar-refractivity contribution in [2.75, 3.05) is 19.3 Å². The topological polar surface area (TPSA) is 141 Å². The van der Waals surface area contributed by atoms with Gasteiger partial charge in [-0.1, -0.05) is 42.8 Å². The maximum Gasteiger partial charge on any atom is 0.253 e. The number of amidine groups is 1. The Hall–Kier alpha value is -4.24. The van der Waals surface area contributed by atoms with Crippen LogP contribution in [0.25, 0.3) is 22.0 Å². The Morgan fingerprint density at radius 3 is 2.51 bits per heavy atom. The molecule has 0 aliphatic heterocycles. The number of benzene rings is 2. The van der Waals surface area contributed by atoms with E-state index in [4.69, 9.17) is 10.9 Å². The summed E-state index contributed by atoms with van der Waals surface area (Å²) in [6, 6.07) is 14.3. The van der Waals surface area contributed by atoms with Gasteiger partial charge in [0.1, 0.15) is 5.84 Å². The van der Waals surface area contributed by atoms with Crippen molar-refractivity contribution < 1.29 is 10.0 Å². The number of fused-ring (bicyclic) bond motifs is 1. The van der Waals surface area contributed by atoms with Gasteiger partial charge in [0.25, 0.3) is 5.91 Å². The number of carbonyl (C=O) groups is 1. The number of rotatable bonds is 6. The van der Waals surface area contributed by atoms with E-state index in [1.807, 2.05) is 17.7 Å². The second kappa shape index (κ2) is 9.19. The number of aliphatic imine (C=N–C) groups is 1. The summed E-state index contributed by atoms with van der Waals surface area (Å²) in [5, 5.41) is 12.9. The molecule has 0 saturated heterocycles. The fourth-order valence-electron chi connectivity index (χ4n) is 4.88. The van der Waals surface area contributed by atoms with E-state index in [0.29, 0.717) is 5.56 Å². The second-order valence-electron chi connectivity index (χ2n) is 8.74. The smallest absolute Gasteiger partial charge is 0.253 e. The Labute approximate surface area is 202 Å². The van der Waals surface area contributed by atoms with E-state index in [0.717, 1.165) is 41.3 Å². The molecule has 178 valence electrons. The highest BCUT2D eigenvalue weighted by Crippen LogP contribution is 2.51. The minimum absolute atomic E-state index is 0.102. The monoisotopic (exact) mass is 469 g/mol. The van der Waals surface area contributed by atoms with Gasteiger partial charge in [0.05, 0.1) is 17.6 Å². The minimum Gasteiger partial charge on any atom is -0.368 e. The molecule has 35 heavy (non-hydrogen) atoms. The highest BCUT2D eigenvalue weighted by atomic mass is 16.5. The van der Waals surface area contributed by atoms with E-state index in [1.54, 1.807) is 18.5 Å². The van der Waals surface area contributed by atoms with Crippen LogP contribution in [0, 0.1) is 0 Å². The molecule has 1 amide bonds. The van der Waals surface area contributed by atoms with Crippen molar-refractivity contribution in [2.24, 2.45) is 4.99 Å². The number of hydrogen-bond acceptors (Lipinski definition) is 6. The number of para-hydroxylation sites is 1. The maximum absolute atomic E-state index is 12.9. The zero-order valence-electron chi connectivity index (χ0n) is 19.4. The first kappa shape index (κ1) is 22.5. The third kappa shape index (κ3) is 4.00. The van der Waals surface area contributed by atoms with E-state index in [-0.39, 0.29) is 29.7 Å². The summed E-state index contributed by atoms with van der Waals surface area (Å²) < 4.78 is 0. The quantitative estimate of drug-likeness (QED) is 0.166. The first-order valence-electron chi connectivity index (χ1n) is 11.5. The van der Waals surface area contributed by atoms with Crippen molar-refractivity contribution in [1.82, 2.24) is 25.7 Å². The molecule has 2 heterocycles. The number of carbonyl (C=O) groups excluding carboxylic acids is 1. The maximum atomic E-state index is 12.9. The van der Waals surface area contributed by atoms with Crippen LogP contribution in [0.2, 0.25) is 0 Å². The van der Waals surface area contributed by atoms with Crippen molar-refractivity contribution in [3.63, 3.8) is 0 Å². The Morgan fingerprint density at radius 2 is 1.89 bits per heavy atom. The van der Waals surface area contributed by atoms with Gasteiger partial charge in [-0.3, -0.25) is 20.5 Å². The molecule has 4 aromatic rings. The van der Waals surface area contributed by atoms with Gasteiger partial charge in [-0.2, -0.15) is 0 Å². The SMILES string of the molecule is CN=C(CNC(=O)c1cccc2c(C3(c4ccc(-c5cnc(N)nc5)cc4)CCC3)c[nH]c12)NO. The summed E-state index contributed by atoms with van der Waals surface area (Å²) in [5.41, 5.74) is 13.2. The lowest BCUT2D eigenvalue weighted by molar-refractivity contribution is 0.0959. The number of nitrogens with one attached hydrogen (secondary N) is 3. The number of aromatic nitrogens is 3. The van der Waals surface area contributed by atoms with Crippen molar-refractivity contribution in [3.8, 4) is 11.1 Å². The molecule has 1 aliphatic rings. The zero-order chi connectivity index (χ0) is 24.4. The van der Waals surface area contributed by atoms with E-state index in [9.17, 15) is 4.79 Å².